The number of pyridine rings is 1. The molecule has 0 radical (unpaired) electrons. The van der Waals surface area contributed by atoms with E-state index in [-0.39, 0.29) is 42.6 Å². The van der Waals surface area contributed by atoms with Crippen molar-refractivity contribution >= 4 is 11.8 Å². The van der Waals surface area contributed by atoms with E-state index in [0.29, 0.717) is 23.3 Å². The molecule has 1 N–H and O–H groups in total. The molecule has 2 heterocycles. The Bertz CT molecular complexity index is 1440. The summed E-state index contributed by atoms with van der Waals surface area (Å²) in [7, 11) is 1.28. The highest BCUT2D eigenvalue weighted by molar-refractivity contribution is 5.92. The Labute approximate surface area is 236 Å². The van der Waals surface area contributed by atoms with Gasteiger partial charge < -0.3 is 14.9 Å². The van der Waals surface area contributed by atoms with Gasteiger partial charge in [0.15, 0.2) is 0 Å². The number of likely N-dealkylation sites (tertiary alicyclic amines) is 1. The standard InChI is InChI=1S/C29H26F7N3O3/c1-16-9-20(30)3-5-22(16)24-15-39(27(42)25-6-4-21(40)13-37-25)8-7-23(24)26(41)38(2)14-17-10-18(28(31,32)33)12-19(11-17)29(34,35)36/h3-6,9-13,23-24,40H,7-8,14-15H2,1-2H3. The summed E-state index contributed by atoms with van der Waals surface area (Å²) in [6, 6.07) is 7.77. The molecule has 3 aromatic rings. The first-order valence-corrected chi connectivity index (χ1v) is 12.8. The van der Waals surface area contributed by atoms with Crippen molar-refractivity contribution in [2.45, 2.75) is 38.2 Å². The number of aryl methyl sites for hydroxylation is 1. The van der Waals surface area contributed by atoms with Crippen LogP contribution in [0, 0.1) is 18.7 Å². The zero-order valence-electron chi connectivity index (χ0n) is 22.4. The summed E-state index contributed by atoms with van der Waals surface area (Å²) in [5.74, 6) is -3.15. The van der Waals surface area contributed by atoms with Crippen LogP contribution in [-0.2, 0) is 23.7 Å². The second-order valence-corrected chi connectivity index (χ2v) is 10.3. The van der Waals surface area contributed by atoms with Crippen LogP contribution in [0.5, 0.6) is 5.75 Å². The molecule has 1 aliphatic heterocycles. The third kappa shape index (κ3) is 6.82. The van der Waals surface area contributed by atoms with E-state index in [9.17, 15) is 45.4 Å². The number of carbonyl (C=O) groups excluding carboxylic acids is 2. The van der Waals surface area contributed by atoms with Crippen LogP contribution in [0.4, 0.5) is 30.7 Å². The molecule has 1 aliphatic rings. The zero-order chi connectivity index (χ0) is 31.0. The lowest BCUT2D eigenvalue weighted by atomic mass is 9.78. The molecule has 1 aromatic heterocycles. The van der Waals surface area contributed by atoms with Crippen molar-refractivity contribution in [3.05, 3.63) is 94.1 Å². The number of piperidine rings is 1. The number of amides is 2. The number of aromatic nitrogens is 1. The van der Waals surface area contributed by atoms with Gasteiger partial charge in [0.25, 0.3) is 5.91 Å². The van der Waals surface area contributed by atoms with E-state index >= 15 is 0 Å². The van der Waals surface area contributed by atoms with Gasteiger partial charge in [0.1, 0.15) is 17.3 Å². The molecule has 224 valence electrons. The lowest BCUT2D eigenvalue weighted by Crippen LogP contribution is -2.48. The van der Waals surface area contributed by atoms with Crippen molar-refractivity contribution in [3.8, 4) is 5.75 Å². The number of hydrogen-bond donors (Lipinski definition) is 1. The summed E-state index contributed by atoms with van der Waals surface area (Å²) in [5.41, 5.74) is -2.20. The van der Waals surface area contributed by atoms with Gasteiger partial charge in [-0.05, 0) is 72.5 Å². The van der Waals surface area contributed by atoms with Gasteiger partial charge in [-0.15, -0.1) is 0 Å². The Kier molecular flexibility index (Phi) is 8.51. The van der Waals surface area contributed by atoms with E-state index in [4.69, 9.17) is 0 Å². The first-order chi connectivity index (χ1) is 19.5. The van der Waals surface area contributed by atoms with Crippen molar-refractivity contribution < 1.29 is 45.4 Å². The van der Waals surface area contributed by atoms with Crippen molar-refractivity contribution in [1.29, 1.82) is 0 Å². The second-order valence-electron chi connectivity index (χ2n) is 10.3. The number of benzene rings is 2. The number of alkyl halides is 6. The molecule has 42 heavy (non-hydrogen) atoms. The lowest BCUT2D eigenvalue weighted by molar-refractivity contribution is -0.143. The molecule has 2 amide bonds. The van der Waals surface area contributed by atoms with Gasteiger partial charge in [0, 0.05) is 38.5 Å². The topological polar surface area (TPSA) is 73.7 Å². The SMILES string of the molecule is Cc1cc(F)ccc1C1CN(C(=O)c2ccc(O)cn2)CCC1C(=O)N(C)Cc1cc(C(F)(F)F)cc(C(F)(F)F)c1. The van der Waals surface area contributed by atoms with Gasteiger partial charge in [-0.1, -0.05) is 6.07 Å². The third-order valence-electron chi connectivity index (χ3n) is 7.26. The normalized spacial score (nSPS) is 17.7. The summed E-state index contributed by atoms with van der Waals surface area (Å²) in [6.45, 7) is 1.22. The maximum absolute atomic E-state index is 13.9. The predicted octanol–water partition coefficient (Wildman–Crippen LogP) is 6.18. The van der Waals surface area contributed by atoms with Crippen LogP contribution in [0.1, 0.15) is 50.6 Å². The van der Waals surface area contributed by atoms with E-state index in [1.807, 2.05) is 0 Å². The Morgan fingerprint density at radius 1 is 1.00 bits per heavy atom. The molecule has 2 atom stereocenters. The summed E-state index contributed by atoms with van der Waals surface area (Å²) in [5, 5.41) is 9.48. The van der Waals surface area contributed by atoms with Gasteiger partial charge in [-0.3, -0.25) is 9.59 Å². The number of rotatable bonds is 5. The van der Waals surface area contributed by atoms with Gasteiger partial charge >= 0.3 is 12.4 Å². The van der Waals surface area contributed by atoms with E-state index in [2.05, 4.69) is 4.98 Å². The number of aromatic hydroxyl groups is 1. The quantitative estimate of drug-likeness (QED) is 0.357. The molecule has 1 fully saturated rings. The first-order valence-electron chi connectivity index (χ1n) is 12.8. The van der Waals surface area contributed by atoms with Crippen molar-refractivity contribution in [1.82, 2.24) is 14.8 Å². The average molecular weight is 598 g/mol. The summed E-state index contributed by atoms with van der Waals surface area (Å²) in [4.78, 5) is 33.3. The first kappa shape index (κ1) is 30.8. The van der Waals surface area contributed by atoms with Crippen molar-refractivity contribution in [3.63, 3.8) is 0 Å². The van der Waals surface area contributed by atoms with Crippen LogP contribution >= 0.6 is 0 Å². The minimum Gasteiger partial charge on any atom is -0.506 e. The summed E-state index contributed by atoms with van der Waals surface area (Å²) >= 11 is 0. The minimum absolute atomic E-state index is 0.0138. The van der Waals surface area contributed by atoms with Crippen LogP contribution in [-0.4, -0.2) is 51.8 Å². The van der Waals surface area contributed by atoms with Gasteiger partial charge in [-0.25, -0.2) is 9.37 Å². The highest BCUT2D eigenvalue weighted by atomic mass is 19.4. The van der Waals surface area contributed by atoms with Crippen LogP contribution in [0.3, 0.4) is 0 Å². The van der Waals surface area contributed by atoms with Crippen LogP contribution in [0.15, 0.2) is 54.7 Å². The summed E-state index contributed by atoms with van der Waals surface area (Å²) < 4.78 is 94.0. The van der Waals surface area contributed by atoms with Crippen LogP contribution in [0.25, 0.3) is 0 Å². The lowest BCUT2D eigenvalue weighted by Gasteiger charge is -2.40. The highest BCUT2D eigenvalue weighted by Crippen LogP contribution is 2.38. The van der Waals surface area contributed by atoms with Gasteiger partial charge in [0.2, 0.25) is 5.91 Å². The maximum Gasteiger partial charge on any atom is 0.416 e. The largest absolute Gasteiger partial charge is 0.506 e. The molecule has 4 rings (SSSR count). The van der Waals surface area contributed by atoms with Gasteiger partial charge in [0.05, 0.1) is 17.3 Å². The number of hydrogen-bond acceptors (Lipinski definition) is 4. The fourth-order valence-electron chi connectivity index (χ4n) is 5.22. The van der Waals surface area contributed by atoms with E-state index in [0.717, 1.165) is 11.1 Å². The average Bonchev–Trinajstić information content (AvgIpc) is 2.91. The molecule has 0 saturated carbocycles. The molecular weight excluding hydrogens is 571 g/mol. The smallest absolute Gasteiger partial charge is 0.416 e. The highest BCUT2D eigenvalue weighted by Gasteiger charge is 2.40. The van der Waals surface area contributed by atoms with Crippen LogP contribution < -0.4 is 0 Å². The summed E-state index contributed by atoms with van der Waals surface area (Å²) in [6.07, 6.45) is -8.84. The Hall–Kier alpha value is -4.16. The molecule has 0 aliphatic carbocycles. The molecule has 2 aromatic carbocycles. The number of nitrogens with zero attached hydrogens (tertiary/aromatic N) is 3. The Morgan fingerprint density at radius 3 is 2.19 bits per heavy atom. The van der Waals surface area contributed by atoms with Crippen molar-refractivity contribution in [2.24, 2.45) is 5.92 Å². The van der Waals surface area contributed by atoms with Crippen molar-refractivity contribution in [2.75, 3.05) is 20.1 Å². The minimum atomic E-state index is -5.03. The molecule has 2 unspecified atom stereocenters. The molecule has 0 spiro atoms. The Morgan fingerprint density at radius 2 is 1.64 bits per heavy atom. The number of halogens is 7. The Balaban J connectivity index is 1.63. The third-order valence-corrected chi connectivity index (χ3v) is 7.26. The fourth-order valence-corrected chi connectivity index (χ4v) is 5.22. The molecule has 6 nitrogen and oxygen atoms in total. The van der Waals surface area contributed by atoms with Gasteiger partial charge in [-0.2, -0.15) is 26.3 Å². The van der Waals surface area contributed by atoms with E-state index in [1.165, 1.54) is 42.3 Å². The predicted molar refractivity (Wildman–Crippen MR) is 137 cm³/mol. The number of carbonyl (C=O) groups is 2. The molecular formula is C29H26F7N3O3. The fraction of sp³-hybridized carbons (Fsp3) is 0.345. The zero-order valence-corrected chi connectivity index (χ0v) is 22.4. The molecule has 0 bridgehead atoms. The molecule has 13 heteroatoms. The second kappa shape index (κ2) is 11.6. The van der Waals surface area contributed by atoms with Crippen LogP contribution in [0.2, 0.25) is 0 Å². The molecule has 1 saturated heterocycles. The van der Waals surface area contributed by atoms with E-state index < -0.39 is 59.5 Å². The maximum atomic E-state index is 13.9. The monoisotopic (exact) mass is 597 g/mol. The van der Waals surface area contributed by atoms with E-state index in [1.54, 1.807) is 6.92 Å².